The van der Waals surface area contributed by atoms with Gasteiger partial charge in [-0.1, -0.05) is 0 Å². The summed E-state index contributed by atoms with van der Waals surface area (Å²) in [5, 5.41) is 0.431. The van der Waals surface area contributed by atoms with Gasteiger partial charge >= 0.3 is 5.97 Å². The Balaban J connectivity index is 2.71. The number of carbonyl (C=O) groups is 1. The highest BCUT2D eigenvalue weighted by Crippen LogP contribution is 2.22. The summed E-state index contributed by atoms with van der Waals surface area (Å²) < 4.78 is 20.1. The molecule has 15 heavy (non-hydrogen) atoms. The highest BCUT2D eigenvalue weighted by Gasteiger charge is 2.15. The van der Waals surface area contributed by atoms with E-state index in [1.165, 1.54) is 13.2 Å². The predicted octanol–water partition coefficient (Wildman–Crippen LogP) is 2.10. The van der Waals surface area contributed by atoms with E-state index >= 15 is 0 Å². The SMILES string of the molecule is COC(=O)c1ccc2c(ccn2C)c1F. The lowest BCUT2D eigenvalue weighted by molar-refractivity contribution is 0.0596. The fourth-order valence-electron chi connectivity index (χ4n) is 1.58. The van der Waals surface area contributed by atoms with E-state index in [-0.39, 0.29) is 5.56 Å². The molecule has 0 fully saturated rings. The Hall–Kier alpha value is -1.84. The molecule has 0 radical (unpaired) electrons. The van der Waals surface area contributed by atoms with Crippen LogP contribution in [-0.2, 0) is 11.8 Å². The van der Waals surface area contributed by atoms with Gasteiger partial charge in [0.25, 0.3) is 0 Å². The Morgan fingerprint density at radius 1 is 1.40 bits per heavy atom. The average Bonchev–Trinajstić information content (AvgIpc) is 2.61. The minimum atomic E-state index is -0.654. The maximum Gasteiger partial charge on any atom is 0.340 e. The Morgan fingerprint density at radius 3 is 2.80 bits per heavy atom. The lowest BCUT2D eigenvalue weighted by Crippen LogP contribution is -2.04. The van der Waals surface area contributed by atoms with E-state index in [4.69, 9.17) is 0 Å². The van der Waals surface area contributed by atoms with Crippen LogP contribution in [0.15, 0.2) is 24.4 Å². The molecule has 0 spiro atoms. The number of halogens is 1. The molecule has 0 saturated heterocycles. The normalized spacial score (nSPS) is 10.6. The standard InChI is InChI=1S/C11H10FNO2/c1-13-6-5-7-9(13)4-3-8(10(7)12)11(14)15-2/h3-6H,1-2H3. The summed E-state index contributed by atoms with van der Waals surface area (Å²) in [6.45, 7) is 0. The molecule has 4 heteroatoms. The second-order valence-electron chi connectivity index (χ2n) is 3.28. The van der Waals surface area contributed by atoms with Gasteiger partial charge in [-0.2, -0.15) is 0 Å². The number of nitrogens with zero attached hydrogens (tertiary/aromatic N) is 1. The number of ether oxygens (including phenoxy) is 1. The fourth-order valence-corrected chi connectivity index (χ4v) is 1.58. The molecule has 3 nitrogen and oxygen atoms in total. The molecule has 1 heterocycles. The molecule has 0 N–H and O–H groups in total. The molecule has 0 atom stereocenters. The minimum Gasteiger partial charge on any atom is -0.465 e. The largest absolute Gasteiger partial charge is 0.465 e. The first-order valence-electron chi connectivity index (χ1n) is 4.47. The first kappa shape index (κ1) is 9.71. The molecule has 78 valence electrons. The maximum atomic E-state index is 13.8. The van der Waals surface area contributed by atoms with Crippen LogP contribution in [0.1, 0.15) is 10.4 Å². The third-order valence-electron chi connectivity index (χ3n) is 2.41. The molecular weight excluding hydrogens is 197 g/mol. The Labute approximate surface area is 86.1 Å². The van der Waals surface area contributed by atoms with Crippen molar-refractivity contribution in [3.63, 3.8) is 0 Å². The monoisotopic (exact) mass is 207 g/mol. The highest BCUT2D eigenvalue weighted by atomic mass is 19.1. The zero-order valence-corrected chi connectivity index (χ0v) is 8.45. The number of methoxy groups -OCH3 is 1. The lowest BCUT2D eigenvalue weighted by Gasteiger charge is -2.02. The van der Waals surface area contributed by atoms with Crippen molar-refractivity contribution in [1.82, 2.24) is 4.57 Å². The number of aryl methyl sites for hydroxylation is 1. The van der Waals surface area contributed by atoms with E-state index in [2.05, 4.69) is 4.74 Å². The topological polar surface area (TPSA) is 31.2 Å². The van der Waals surface area contributed by atoms with E-state index in [0.29, 0.717) is 5.39 Å². The molecule has 0 saturated carbocycles. The van der Waals surface area contributed by atoms with E-state index in [1.54, 1.807) is 22.9 Å². The molecule has 1 aromatic carbocycles. The summed E-state index contributed by atoms with van der Waals surface area (Å²) in [7, 11) is 3.05. The molecule has 0 aliphatic rings. The van der Waals surface area contributed by atoms with E-state index < -0.39 is 11.8 Å². The van der Waals surface area contributed by atoms with Crippen LogP contribution in [0.25, 0.3) is 10.9 Å². The third-order valence-corrected chi connectivity index (χ3v) is 2.41. The van der Waals surface area contributed by atoms with Gasteiger partial charge in [0.2, 0.25) is 0 Å². The van der Waals surface area contributed by atoms with Crippen molar-refractivity contribution < 1.29 is 13.9 Å². The van der Waals surface area contributed by atoms with Gasteiger partial charge in [0.1, 0.15) is 5.82 Å². The molecule has 2 aromatic rings. The Morgan fingerprint density at radius 2 is 2.13 bits per heavy atom. The van der Waals surface area contributed by atoms with Gasteiger partial charge < -0.3 is 9.30 Å². The number of esters is 1. The molecule has 0 amide bonds. The number of hydrogen-bond acceptors (Lipinski definition) is 2. The summed E-state index contributed by atoms with van der Waals surface area (Å²) in [5.74, 6) is -1.18. The second kappa shape index (κ2) is 3.38. The van der Waals surface area contributed by atoms with Crippen molar-refractivity contribution >= 4 is 16.9 Å². The predicted molar refractivity (Wildman–Crippen MR) is 54.2 cm³/mol. The van der Waals surface area contributed by atoms with Crippen LogP contribution in [0.5, 0.6) is 0 Å². The second-order valence-corrected chi connectivity index (χ2v) is 3.28. The van der Waals surface area contributed by atoms with Crippen LogP contribution in [0.3, 0.4) is 0 Å². The van der Waals surface area contributed by atoms with E-state index in [9.17, 15) is 9.18 Å². The summed E-state index contributed by atoms with van der Waals surface area (Å²) in [6, 6.07) is 4.77. The quantitative estimate of drug-likeness (QED) is 0.670. The van der Waals surface area contributed by atoms with Crippen molar-refractivity contribution in [2.45, 2.75) is 0 Å². The van der Waals surface area contributed by atoms with Gasteiger partial charge in [0.15, 0.2) is 0 Å². The molecule has 0 aliphatic heterocycles. The Bertz CT molecular complexity index is 531. The van der Waals surface area contributed by atoms with Crippen LogP contribution in [0.2, 0.25) is 0 Å². The molecule has 1 aromatic heterocycles. The smallest absolute Gasteiger partial charge is 0.340 e. The van der Waals surface area contributed by atoms with Gasteiger partial charge in [0, 0.05) is 18.6 Å². The van der Waals surface area contributed by atoms with Gasteiger partial charge in [-0.25, -0.2) is 9.18 Å². The van der Waals surface area contributed by atoms with Gasteiger partial charge in [-0.15, -0.1) is 0 Å². The van der Waals surface area contributed by atoms with Gasteiger partial charge in [-0.3, -0.25) is 0 Å². The van der Waals surface area contributed by atoms with Crippen LogP contribution >= 0.6 is 0 Å². The van der Waals surface area contributed by atoms with Crippen molar-refractivity contribution in [3.05, 3.63) is 35.8 Å². The number of aromatic nitrogens is 1. The van der Waals surface area contributed by atoms with Crippen LogP contribution < -0.4 is 0 Å². The van der Waals surface area contributed by atoms with E-state index in [1.807, 2.05) is 7.05 Å². The van der Waals surface area contributed by atoms with Crippen LogP contribution in [0, 0.1) is 5.82 Å². The zero-order chi connectivity index (χ0) is 11.0. The van der Waals surface area contributed by atoms with Crippen molar-refractivity contribution in [2.24, 2.45) is 7.05 Å². The molecular formula is C11H10FNO2. The lowest BCUT2D eigenvalue weighted by atomic mass is 10.1. The summed E-state index contributed by atoms with van der Waals surface area (Å²) in [6.07, 6.45) is 1.74. The van der Waals surface area contributed by atoms with Crippen molar-refractivity contribution in [2.75, 3.05) is 7.11 Å². The number of rotatable bonds is 1. The summed E-state index contributed by atoms with van der Waals surface area (Å²) in [4.78, 5) is 11.2. The third kappa shape index (κ3) is 1.38. The molecule has 0 unspecified atom stereocenters. The summed E-state index contributed by atoms with van der Waals surface area (Å²) >= 11 is 0. The van der Waals surface area contributed by atoms with Crippen LogP contribution in [-0.4, -0.2) is 17.6 Å². The average molecular weight is 207 g/mol. The number of carbonyl (C=O) groups excluding carboxylic acids is 1. The first-order valence-corrected chi connectivity index (χ1v) is 4.47. The molecule has 2 rings (SSSR count). The van der Waals surface area contributed by atoms with Crippen LogP contribution in [0.4, 0.5) is 4.39 Å². The fraction of sp³-hybridized carbons (Fsp3) is 0.182. The minimum absolute atomic E-state index is 0.0313. The number of benzene rings is 1. The number of fused-ring (bicyclic) bond motifs is 1. The van der Waals surface area contributed by atoms with E-state index in [0.717, 1.165) is 5.52 Å². The molecule has 0 aliphatic carbocycles. The van der Waals surface area contributed by atoms with Crippen molar-refractivity contribution in [3.8, 4) is 0 Å². The van der Waals surface area contributed by atoms with Gasteiger partial charge in [-0.05, 0) is 18.2 Å². The summed E-state index contributed by atoms with van der Waals surface area (Å²) in [5.41, 5.74) is 0.719. The highest BCUT2D eigenvalue weighted by molar-refractivity contribution is 5.95. The maximum absolute atomic E-state index is 13.8. The zero-order valence-electron chi connectivity index (χ0n) is 8.45. The molecule has 0 bridgehead atoms. The van der Waals surface area contributed by atoms with Gasteiger partial charge in [0.05, 0.1) is 18.2 Å². The first-order chi connectivity index (χ1) is 7.15. The number of hydrogen-bond donors (Lipinski definition) is 0. The van der Waals surface area contributed by atoms with Crippen molar-refractivity contribution in [1.29, 1.82) is 0 Å². The Kier molecular flexibility index (Phi) is 2.19.